The molecule has 0 fully saturated rings. The molecule has 80 valence electrons. The van der Waals surface area contributed by atoms with Gasteiger partial charge in [-0.15, -0.1) is 5.10 Å². The van der Waals surface area contributed by atoms with Crippen LogP contribution in [0.4, 0.5) is 0 Å². The van der Waals surface area contributed by atoms with Gasteiger partial charge in [0.1, 0.15) is 5.52 Å². The van der Waals surface area contributed by atoms with Crippen LogP contribution in [0, 0.1) is 0 Å². The van der Waals surface area contributed by atoms with Crippen molar-refractivity contribution in [3.63, 3.8) is 0 Å². The highest BCUT2D eigenvalue weighted by Crippen LogP contribution is 2.28. The number of rotatable bonds is 1. The Morgan fingerprint density at radius 1 is 1.25 bits per heavy atom. The average Bonchev–Trinajstić information content (AvgIpc) is 2.75. The van der Waals surface area contributed by atoms with E-state index < -0.39 is 11.1 Å². The Balaban J connectivity index is 2.60. The molecule has 0 saturated heterocycles. The molecule has 0 aliphatic rings. The molecule has 16 heavy (non-hydrogen) atoms. The smallest absolute Gasteiger partial charge is 0.195 e. The summed E-state index contributed by atoms with van der Waals surface area (Å²) < 4.78 is 27.2. The van der Waals surface area contributed by atoms with E-state index in [-0.39, 0.29) is 4.90 Å². The second kappa shape index (κ2) is 3.36. The molecule has 5 nitrogen and oxygen atoms in total. The van der Waals surface area contributed by atoms with Gasteiger partial charge in [0.05, 0.1) is 0 Å². The lowest BCUT2D eigenvalue weighted by Gasteiger charge is -2.08. The summed E-state index contributed by atoms with van der Waals surface area (Å²) in [4.78, 5) is 0.207. The quantitative estimate of drug-likeness (QED) is 0.596. The summed E-state index contributed by atoms with van der Waals surface area (Å²) >= 11 is -2.30. The van der Waals surface area contributed by atoms with Gasteiger partial charge in [-0.2, -0.15) is 0 Å². The van der Waals surface area contributed by atoms with Crippen LogP contribution in [0.15, 0.2) is 39.8 Å². The molecule has 0 N–H and O–H groups in total. The molecule has 3 aromatic rings. The molecule has 0 aliphatic carbocycles. The van der Waals surface area contributed by atoms with E-state index in [2.05, 4.69) is 10.4 Å². The molecular weight excluding hydrogens is 228 g/mol. The molecular formula is C10H5N2O3S-. The molecule has 1 heterocycles. The van der Waals surface area contributed by atoms with Crippen molar-refractivity contribution in [3.05, 3.63) is 30.3 Å². The van der Waals surface area contributed by atoms with Crippen molar-refractivity contribution in [1.29, 1.82) is 0 Å². The van der Waals surface area contributed by atoms with Gasteiger partial charge in [0.25, 0.3) is 0 Å². The molecule has 1 unspecified atom stereocenters. The highest BCUT2D eigenvalue weighted by atomic mass is 32.2. The van der Waals surface area contributed by atoms with Crippen molar-refractivity contribution in [2.45, 2.75) is 4.90 Å². The Hall–Kier alpha value is -1.79. The van der Waals surface area contributed by atoms with E-state index in [1.54, 1.807) is 18.2 Å². The van der Waals surface area contributed by atoms with Crippen molar-refractivity contribution in [1.82, 2.24) is 10.4 Å². The van der Waals surface area contributed by atoms with Crippen LogP contribution in [0.3, 0.4) is 0 Å². The summed E-state index contributed by atoms with van der Waals surface area (Å²) in [5, 5.41) is 8.46. The zero-order chi connectivity index (χ0) is 11.1. The summed E-state index contributed by atoms with van der Waals surface area (Å²) in [7, 11) is 0. The van der Waals surface area contributed by atoms with Crippen LogP contribution in [-0.2, 0) is 11.1 Å². The zero-order valence-corrected chi connectivity index (χ0v) is 8.73. The van der Waals surface area contributed by atoms with Crippen molar-refractivity contribution in [2.75, 3.05) is 0 Å². The molecule has 0 saturated carbocycles. The number of benzene rings is 2. The van der Waals surface area contributed by atoms with Crippen LogP contribution in [0.25, 0.3) is 21.9 Å². The maximum Gasteiger partial charge on any atom is 0.195 e. The molecule has 3 rings (SSSR count). The largest absolute Gasteiger partial charge is 0.768 e. The fraction of sp³-hybridized carbons (Fsp3) is 0. The van der Waals surface area contributed by atoms with Crippen molar-refractivity contribution in [2.24, 2.45) is 0 Å². The van der Waals surface area contributed by atoms with E-state index in [1.165, 1.54) is 6.07 Å². The van der Waals surface area contributed by atoms with Gasteiger partial charge >= 0.3 is 0 Å². The average molecular weight is 233 g/mol. The number of hydrogen-bond acceptors (Lipinski definition) is 5. The van der Waals surface area contributed by atoms with Crippen LogP contribution in [0.1, 0.15) is 0 Å². The van der Waals surface area contributed by atoms with E-state index >= 15 is 0 Å². The van der Waals surface area contributed by atoms with Crippen LogP contribution >= 0.6 is 0 Å². The Morgan fingerprint density at radius 3 is 2.75 bits per heavy atom. The summed E-state index contributed by atoms with van der Waals surface area (Å²) in [6.45, 7) is 0. The van der Waals surface area contributed by atoms with E-state index in [0.29, 0.717) is 21.9 Å². The molecule has 0 spiro atoms. The van der Waals surface area contributed by atoms with Crippen LogP contribution in [0.5, 0.6) is 0 Å². The predicted molar refractivity (Wildman–Crippen MR) is 56.5 cm³/mol. The molecule has 6 heteroatoms. The van der Waals surface area contributed by atoms with E-state index in [0.717, 1.165) is 0 Å². The van der Waals surface area contributed by atoms with Crippen LogP contribution in [0.2, 0.25) is 0 Å². The normalized spacial score (nSPS) is 13.3. The lowest BCUT2D eigenvalue weighted by Crippen LogP contribution is -1.91. The second-order valence-corrected chi connectivity index (χ2v) is 4.19. The maximum absolute atomic E-state index is 11.1. The van der Waals surface area contributed by atoms with Gasteiger partial charge in [0.15, 0.2) is 5.58 Å². The number of fused-ring (bicyclic) bond motifs is 3. The second-order valence-electron chi connectivity index (χ2n) is 3.28. The zero-order valence-electron chi connectivity index (χ0n) is 7.91. The standard InChI is InChI=1S/C10H6N2O3S/c13-16(14)9-5-8-10(15-12-11-8)7-4-2-1-3-6(7)9/h1-5H,(H,13,14)/p-1. The highest BCUT2D eigenvalue weighted by Gasteiger charge is 2.10. The predicted octanol–water partition coefficient (Wildman–Crippen LogP) is 1.61. The van der Waals surface area contributed by atoms with E-state index in [9.17, 15) is 8.76 Å². The Bertz CT molecular complexity index is 707. The molecule has 1 atom stereocenters. The van der Waals surface area contributed by atoms with Gasteiger partial charge in [0, 0.05) is 20.9 Å². The summed E-state index contributed by atoms with van der Waals surface area (Å²) in [6, 6.07) is 8.54. The Kier molecular flexibility index (Phi) is 1.98. The first kappa shape index (κ1) is 9.44. The van der Waals surface area contributed by atoms with Gasteiger partial charge in [-0.05, 0) is 17.1 Å². The monoisotopic (exact) mass is 233 g/mol. The lowest BCUT2D eigenvalue weighted by atomic mass is 10.1. The third kappa shape index (κ3) is 1.24. The molecule has 0 aliphatic heterocycles. The lowest BCUT2D eigenvalue weighted by molar-refractivity contribution is 0.426. The Morgan fingerprint density at radius 2 is 2.00 bits per heavy atom. The van der Waals surface area contributed by atoms with Crippen LogP contribution in [-0.4, -0.2) is 19.1 Å². The van der Waals surface area contributed by atoms with Gasteiger partial charge < -0.3 is 9.08 Å². The van der Waals surface area contributed by atoms with Crippen molar-refractivity contribution >= 4 is 33.0 Å². The first-order valence-corrected chi connectivity index (χ1v) is 5.58. The van der Waals surface area contributed by atoms with Crippen LogP contribution < -0.4 is 0 Å². The first-order chi connectivity index (χ1) is 7.77. The highest BCUT2D eigenvalue weighted by molar-refractivity contribution is 7.79. The van der Waals surface area contributed by atoms with E-state index in [1.807, 2.05) is 6.07 Å². The third-order valence-corrected chi connectivity index (χ3v) is 3.09. The summed E-state index contributed by atoms with van der Waals surface area (Å²) in [6.07, 6.45) is 0. The minimum atomic E-state index is -2.30. The number of hydrogen-bond donors (Lipinski definition) is 0. The topological polar surface area (TPSA) is 79.0 Å². The minimum absolute atomic E-state index is 0.207. The molecule has 0 radical (unpaired) electrons. The first-order valence-electron chi connectivity index (χ1n) is 4.50. The van der Waals surface area contributed by atoms with Crippen molar-refractivity contribution < 1.29 is 13.3 Å². The Labute approximate surface area is 92.3 Å². The van der Waals surface area contributed by atoms with Gasteiger partial charge in [-0.25, -0.2) is 0 Å². The molecule has 2 aromatic carbocycles. The molecule has 1 aromatic heterocycles. The molecule has 0 bridgehead atoms. The molecule has 0 amide bonds. The fourth-order valence-corrected chi connectivity index (χ4v) is 2.28. The summed E-state index contributed by atoms with van der Waals surface area (Å²) in [5.74, 6) is 0. The number of aromatic nitrogens is 2. The third-order valence-electron chi connectivity index (χ3n) is 2.40. The minimum Gasteiger partial charge on any atom is -0.768 e. The fourth-order valence-electron chi connectivity index (χ4n) is 1.71. The maximum atomic E-state index is 11.1. The van der Waals surface area contributed by atoms with E-state index in [4.69, 9.17) is 4.52 Å². The van der Waals surface area contributed by atoms with Crippen molar-refractivity contribution in [3.8, 4) is 0 Å². The van der Waals surface area contributed by atoms with Gasteiger partial charge in [-0.1, -0.05) is 24.3 Å². The summed E-state index contributed by atoms with van der Waals surface area (Å²) in [5.41, 5.74) is 0.947. The van der Waals surface area contributed by atoms with Gasteiger partial charge in [-0.3, -0.25) is 4.21 Å². The SMILES string of the molecule is O=S([O-])c1cc2nnoc2c2ccccc12. The van der Waals surface area contributed by atoms with Gasteiger partial charge in [0.2, 0.25) is 0 Å². The number of nitrogens with zero attached hydrogens (tertiary/aromatic N) is 2.